The van der Waals surface area contributed by atoms with E-state index in [0.717, 1.165) is 23.7 Å². The monoisotopic (exact) mass is 396 g/mol. The van der Waals surface area contributed by atoms with E-state index in [1.807, 2.05) is 24.3 Å². The van der Waals surface area contributed by atoms with E-state index >= 15 is 0 Å². The summed E-state index contributed by atoms with van der Waals surface area (Å²) in [5.74, 6) is -1.04. The highest BCUT2D eigenvalue weighted by Crippen LogP contribution is 2.33. The van der Waals surface area contributed by atoms with Crippen LogP contribution in [0, 0.1) is 11.8 Å². The minimum absolute atomic E-state index is 0.0606. The van der Waals surface area contributed by atoms with Crippen LogP contribution in [0.3, 0.4) is 0 Å². The molecule has 0 bridgehead atoms. The van der Waals surface area contributed by atoms with Gasteiger partial charge in [-0.15, -0.1) is 0 Å². The predicted octanol–water partition coefficient (Wildman–Crippen LogP) is 0.886. The normalized spacial score (nSPS) is 20.7. The molecule has 3 atom stereocenters. The SMILES string of the molecule is O=C[C@H](C[C@@H]1CCNC1=O)NC(=O)[C@@H](NC(=O)c1cc2ccccc2[nH]1)C1CC1. The van der Waals surface area contributed by atoms with E-state index in [1.165, 1.54) is 0 Å². The Morgan fingerprint density at radius 1 is 1.17 bits per heavy atom. The maximum absolute atomic E-state index is 12.8. The highest BCUT2D eigenvalue weighted by molar-refractivity contribution is 6.00. The van der Waals surface area contributed by atoms with Gasteiger partial charge in [0.15, 0.2) is 0 Å². The first-order valence-corrected chi connectivity index (χ1v) is 9.97. The molecule has 0 radical (unpaired) electrons. The second-order valence-corrected chi connectivity index (χ2v) is 7.82. The number of hydrogen-bond acceptors (Lipinski definition) is 4. The molecule has 2 aliphatic rings. The fourth-order valence-corrected chi connectivity index (χ4v) is 3.84. The van der Waals surface area contributed by atoms with Crippen molar-refractivity contribution in [2.75, 3.05) is 6.54 Å². The first-order chi connectivity index (χ1) is 14.0. The average Bonchev–Trinajstić information content (AvgIpc) is 3.33. The van der Waals surface area contributed by atoms with Gasteiger partial charge in [-0.2, -0.15) is 0 Å². The Balaban J connectivity index is 1.41. The molecular formula is C21H24N4O4. The molecule has 2 heterocycles. The van der Waals surface area contributed by atoms with E-state index in [0.29, 0.717) is 24.9 Å². The zero-order valence-electron chi connectivity index (χ0n) is 15.9. The van der Waals surface area contributed by atoms with E-state index in [4.69, 9.17) is 0 Å². The molecule has 0 spiro atoms. The van der Waals surface area contributed by atoms with Gasteiger partial charge in [0.05, 0.1) is 6.04 Å². The molecule has 4 N–H and O–H groups in total. The smallest absolute Gasteiger partial charge is 0.268 e. The van der Waals surface area contributed by atoms with Crippen LogP contribution in [0.25, 0.3) is 10.9 Å². The lowest BCUT2D eigenvalue weighted by Crippen LogP contribution is -2.51. The van der Waals surface area contributed by atoms with Crippen molar-refractivity contribution in [2.45, 2.75) is 37.8 Å². The fraction of sp³-hybridized carbons (Fsp3) is 0.429. The number of amides is 3. The standard InChI is InChI=1S/C21H24N4O4/c26-11-15(9-14-7-8-22-19(14)27)23-21(29)18(12-5-6-12)25-20(28)17-10-13-3-1-2-4-16(13)24-17/h1-4,10-12,14-15,18,24H,5-9H2,(H,22,27)(H,23,29)(H,25,28)/t14-,15-,18-/m0/s1. The van der Waals surface area contributed by atoms with Crippen LogP contribution in [0.5, 0.6) is 0 Å². The van der Waals surface area contributed by atoms with Crippen molar-refractivity contribution in [3.05, 3.63) is 36.0 Å². The van der Waals surface area contributed by atoms with Crippen molar-refractivity contribution in [3.63, 3.8) is 0 Å². The number of aromatic nitrogens is 1. The fourth-order valence-electron chi connectivity index (χ4n) is 3.84. The number of benzene rings is 1. The summed E-state index contributed by atoms with van der Waals surface area (Å²) >= 11 is 0. The van der Waals surface area contributed by atoms with Crippen LogP contribution in [0.4, 0.5) is 0 Å². The van der Waals surface area contributed by atoms with E-state index < -0.39 is 12.1 Å². The molecule has 8 nitrogen and oxygen atoms in total. The van der Waals surface area contributed by atoms with Gasteiger partial charge in [0.25, 0.3) is 5.91 Å². The maximum atomic E-state index is 12.8. The number of para-hydroxylation sites is 1. The van der Waals surface area contributed by atoms with Crippen molar-refractivity contribution < 1.29 is 19.2 Å². The molecule has 2 aromatic rings. The van der Waals surface area contributed by atoms with Gasteiger partial charge in [0.2, 0.25) is 11.8 Å². The molecule has 4 rings (SSSR count). The summed E-state index contributed by atoms with van der Waals surface area (Å²) in [5.41, 5.74) is 1.24. The van der Waals surface area contributed by atoms with Crippen LogP contribution >= 0.6 is 0 Å². The molecule has 1 aliphatic heterocycles. The summed E-state index contributed by atoms with van der Waals surface area (Å²) in [5, 5.41) is 9.17. The topological polar surface area (TPSA) is 120 Å². The lowest BCUT2D eigenvalue weighted by atomic mass is 9.98. The summed E-state index contributed by atoms with van der Waals surface area (Å²) in [6, 6.07) is 7.86. The minimum atomic E-state index is -0.748. The third kappa shape index (κ3) is 4.31. The van der Waals surface area contributed by atoms with E-state index in [9.17, 15) is 19.2 Å². The van der Waals surface area contributed by atoms with Gasteiger partial charge in [-0.25, -0.2) is 0 Å². The minimum Gasteiger partial charge on any atom is -0.356 e. The van der Waals surface area contributed by atoms with Crippen LogP contribution in [0.2, 0.25) is 0 Å². The van der Waals surface area contributed by atoms with Crippen LogP contribution in [0.1, 0.15) is 36.2 Å². The Kier molecular flexibility index (Phi) is 5.33. The molecule has 152 valence electrons. The van der Waals surface area contributed by atoms with Gasteiger partial charge < -0.3 is 25.7 Å². The van der Waals surface area contributed by atoms with Crippen molar-refractivity contribution in [1.82, 2.24) is 20.9 Å². The van der Waals surface area contributed by atoms with Crippen LogP contribution in [0.15, 0.2) is 30.3 Å². The molecule has 3 amide bonds. The van der Waals surface area contributed by atoms with Gasteiger partial charge in [0.1, 0.15) is 18.0 Å². The van der Waals surface area contributed by atoms with Gasteiger partial charge in [-0.3, -0.25) is 14.4 Å². The van der Waals surface area contributed by atoms with E-state index in [2.05, 4.69) is 20.9 Å². The Morgan fingerprint density at radius 3 is 2.62 bits per heavy atom. The van der Waals surface area contributed by atoms with Crippen LogP contribution < -0.4 is 16.0 Å². The number of hydrogen-bond donors (Lipinski definition) is 4. The Morgan fingerprint density at radius 2 is 1.97 bits per heavy atom. The summed E-state index contributed by atoms with van der Waals surface area (Å²) in [7, 11) is 0. The Hall–Kier alpha value is -3.16. The zero-order chi connectivity index (χ0) is 20.4. The van der Waals surface area contributed by atoms with Gasteiger partial charge in [0, 0.05) is 23.4 Å². The second-order valence-electron chi connectivity index (χ2n) is 7.82. The van der Waals surface area contributed by atoms with Gasteiger partial charge in [-0.05, 0) is 43.7 Å². The maximum Gasteiger partial charge on any atom is 0.268 e. The Labute approximate surface area is 167 Å². The summed E-state index contributed by atoms with van der Waals surface area (Å²) in [6.07, 6.45) is 3.29. The van der Waals surface area contributed by atoms with Crippen LogP contribution in [-0.2, 0) is 14.4 Å². The zero-order valence-corrected chi connectivity index (χ0v) is 15.9. The van der Waals surface area contributed by atoms with Crippen molar-refractivity contribution in [2.24, 2.45) is 11.8 Å². The number of H-pyrrole nitrogens is 1. The Bertz CT molecular complexity index is 916. The van der Waals surface area contributed by atoms with Gasteiger partial charge in [-0.1, -0.05) is 18.2 Å². The number of carbonyl (C=O) groups excluding carboxylic acids is 4. The molecule has 1 saturated carbocycles. The highest BCUT2D eigenvalue weighted by atomic mass is 16.2. The van der Waals surface area contributed by atoms with E-state index in [-0.39, 0.29) is 36.0 Å². The first-order valence-electron chi connectivity index (χ1n) is 9.97. The first kappa shape index (κ1) is 19.2. The van der Waals surface area contributed by atoms with Crippen molar-refractivity contribution in [1.29, 1.82) is 0 Å². The number of aldehydes is 1. The molecule has 8 heteroatoms. The van der Waals surface area contributed by atoms with Crippen molar-refractivity contribution >= 4 is 34.9 Å². The third-order valence-corrected chi connectivity index (χ3v) is 5.63. The number of fused-ring (bicyclic) bond motifs is 1. The molecule has 29 heavy (non-hydrogen) atoms. The summed E-state index contributed by atoms with van der Waals surface area (Å²) < 4.78 is 0. The summed E-state index contributed by atoms with van der Waals surface area (Å²) in [6.45, 7) is 0.592. The van der Waals surface area contributed by atoms with Gasteiger partial charge >= 0.3 is 0 Å². The molecule has 1 aromatic heterocycles. The summed E-state index contributed by atoms with van der Waals surface area (Å²) in [4.78, 5) is 51.7. The lowest BCUT2D eigenvalue weighted by molar-refractivity contribution is -0.127. The lowest BCUT2D eigenvalue weighted by Gasteiger charge is -2.21. The largest absolute Gasteiger partial charge is 0.356 e. The third-order valence-electron chi connectivity index (χ3n) is 5.63. The molecule has 1 aliphatic carbocycles. The van der Waals surface area contributed by atoms with Crippen LogP contribution in [-0.4, -0.2) is 47.6 Å². The second kappa shape index (κ2) is 8.06. The number of nitrogens with one attached hydrogen (secondary N) is 4. The molecule has 0 unspecified atom stereocenters. The average molecular weight is 396 g/mol. The molecular weight excluding hydrogens is 372 g/mol. The van der Waals surface area contributed by atoms with E-state index in [1.54, 1.807) is 6.07 Å². The number of aromatic amines is 1. The predicted molar refractivity (Wildman–Crippen MR) is 106 cm³/mol. The van der Waals surface area contributed by atoms with Crippen molar-refractivity contribution in [3.8, 4) is 0 Å². The molecule has 1 saturated heterocycles. The number of carbonyl (C=O) groups is 4. The highest BCUT2D eigenvalue weighted by Gasteiger charge is 2.38. The molecule has 1 aromatic carbocycles. The quantitative estimate of drug-likeness (QED) is 0.495. The number of rotatable bonds is 8. The molecule has 2 fully saturated rings.